The van der Waals surface area contributed by atoms with Crippen molar-refractivity contribution in [2.75, 3.05) is 47.5 Å². The van der Waals surface area contributed by atoms with Gasteiger partial charge in [0.15, 0.2) is 11.5 Å². The summed E-state index contributed by atoms with van der Waals surface area (Å²) in [5, 5.41) is 0.606. The van der Waals surface area contributed by atoms with Crippen molar-refractivity contribution in [3.63, 3.8) is 0 Å². The number of hydrogen-bond acceptors (Lipinski definition) is 5. The lowest BCUT2D eigenvalue weighted by atomic mass is 9.96. The number of ether oxygens (including phenoxy) is 3. The second-order valence-electron chi connectivity index (χ2n) is 9.15. The first-order valence-electron chi connectivity index (χ1n) is 12.8. The highest BCUT2D eigenvalue weighted by molar-refractivity contribution is 6.30. The van der Waals surface area contributed by atoms with E-state index in [0.717, 1.165) is 23.1 Å². The molecular weight excluding hydrogens is 516 g/mol. The Hall–Kier alpha value is -3.97. The van der Waals surface area contributed by atoms with Crippen LogP contribution in [0.2, 0.25) is 5.02 Å². The summed E-state index contributed by atoms with van der Waals surface area (Å²) >= 11 is 6.28. The fourth-order valence-corrected chi connectivity index (χ4v) is 4.83. The van der Waals surface area contributed by atoms with E-state index < -0.39 is 0 Å². The van der Waals surface area contributed by atoms with Gasteiger partial charge in [-0.2, -0.15) is 0 Å². The highest BCUT2D eigenvalue weighted by Gasteiger charge is 2.26. The number of piperazine rings is 1. The molecular formula is C31H33ClN2O5. The SMILES string of the molecule is CCc1ccc(/C(=C/C(=O)N2CCN(C(=O)c3cc(OC)c(OC)c(OC)c3)CC2)c2cccc(Cl)c2)cc1. The second kappa shape index (κ2) is 12.7. The fourth-order valence-electron chi connectivity index (χ4n) is 4.64. The first-order valence-corrected chi connectivity index (χ1v) is 13.2. The van der Waals surface area contributed by atoms with Gasteiger partial charge in [0.25, 0.3) is 5.91 Å². The number of methoxy groups -OCH3 is 3. The van der Waals surface area contributed by atoms with E-state index in [1.54, 1.807) is 28.0 Å². The average molecular weight is 549 g/mol. The topological polar surface area (TPSA) is 68.3 Å². The molecule has 204 valence electrons. The van der Waals surface area contributed by atoms with Crippen molar-refractivity contribution in [3.05, 3.63) is 94.0 Å². The Balaban J connectivity index is 1.52. The zero-order chi connectivity index (χ0) is 27.9. The van der Waals surface area contributed by atoms with E-state index in [4.69, 9.17) is 25.8 Å². The second-order valence-corrected chi connectivity index (χ2v) is 9.59. The van der Waals surface area contributed by atoms with E-state index in [0.29, 0.717) is 54.0 Å². The molecule has 3 aromatic rings. The Kier molecular flexibility index (Phi) is 9.15. The number of benzene rings is 3. The van der Waals surface area contributed by atoms with Crippen molar-refractivity contribution in [2.45, 2.75) is 13.3 Å². The summed E-state index contributed by atoms with van der Waals surface area (Å²) in [5.41, 5.74) is 4.28. The highest BCUT2D eigenvalue weighted by atomic mass is 35.5. The predicted octanol–water partition coefficient (Wildman–Crippen LogP) is 5.34. The first kappa shape index (κ1) is 28.0. The molecule has 0 spiro atoms. The molecule has 1 saturated heterocycles. The average Bonchev–Trinajstić information content (AvgIpc) is 2.98. The van der Waals surface area contributed by atoms with E-state index >= 15 is 0 Å². The van der Waals surface area contributed by atoms with Gasteiger partial charge < -0.3 is 24.0 Å². The molecule has 4 rings (SSSR count). The third-order valence-electron chi connectivity index (χ3n) is 6.87. The van der Waals surface area contributed by atoms with Crippen molar-refractivity contribution >= 4 is 29.0 Å². The van der Waals surface area contributed by atoms with Crippen LogP contribution in [0.5, 0.6) is 17.2 Å². The summed E-state index contributed by atoms with van der Waals surface area (Å²) in [4.78, 5) is 30.2. The van der Waals surface area contributed by atoms with Crippen LogP contribution in [0.3, 0.4) is 0 Å². The van der Waals surface area contributed by atoms with E-state index in [-0.39, 0.29) is 11.8 Å². The summed E-state index contributed by atoms with van der Waals surface area (Å²) in [7, 11) is 4.54. The molecule has 0 atom stereocenters. The standard InChI is InChI=1S/C31H33ClN2O5/c1-5-21-9-11-22(12-10-21)26(23-7-6-8-25(32)17-23)20-29(35)33-13-15-34(16-14-33)31(36)24-18-27(37-2)30(39-4)28(19-24)38-3/h6-12,17-20H,5,13-16H2,1-4H3/b26-20-. The van der Waals surface area contributed by atoms with Crippen LogP contribution in [0, 0.1) is 0 Å². The summed E-state index contributed by atoms with van der Waals surface area (Å²) < 4.78 is 16.1. The number of carbonyl (C=O) groups excluding carboxylic acids is 2. The van der Waals surface area contributed by atoms with Gasteiger partial charge in [-0.05, 0) is 52.9 Å². The maximum Gasteiger partial charge on any atom is 0.254 e. The molecule has 0 N–H and O–H groups in total. The Morgan fingerprint density at radius 3 is 1.95 bits per heavy atom. The number of carbonyl (C=O) groups is 2. The van der Waals surface area contributed by atoms with Crippen LogP contribution >= 0.6 is 11.6 Å². The van der Waals surface area contributed by atoms with E-state index in [9.17, 15) is 9.59 Å². The number of amides is 2. The molecule has 0 aromatic heterocycles. The van der Waals surface area contributed by atoms with Gasteiger partial charge in [0, 0.05) is 42.8 Å². The first-order chi connectivity index (χ1) is 18.9. The number of aryl methyl sites for hydroxylation is 1. The molecule has 1 heterocycles. The van der Waals surface area contributed by atoms with Crippen LogP contribution < -0.4 is 14.2 Å². The normalized spacial score (nSPS) is 13.7. The van der Waals surface area contributed by atoms with Crippen molar-refractivity contribution < 1.29 is 23.8 Å². The fraction of sp³-hybridized carbons (Fsp3) is 0.290. The van der Waals surface area contributed by atoms with Crippen LogP contribution in [0.25, 0.3) is 5.57 Å². The number of hydrogen-bond donors (Lipinski definition) is 0. The quantitative estimate of drug-likeness (QED) is 0.355. The van der Waals surface area contributed by atoms with Crippen LogP contribution in [-0.4, -0.2) is 69.1 Å². The third kappa shape index (κ3) is 6.37. The lowest BCUT2D eigenvalue weighted by Crippen LogP contribution is -2.50. The molecule has 0 saturated carbocycles. The van der Waals surface area contributed by atoms with Crippen molar-refractivity contribution in [1.29, 1.82) is 0 Å². The summed E-state index contributed by atoms with van der Waals surface area (Å²) in [6.07, 6.45) is 2.61. The van der Waals surface area contributed by atoms with Gasteiger partial charge in [0.05, 0.1) is 21.3 Å². The van der Waals surface area contributed by atoms with E-state index in [1.807, 2.05) is 36.4 Å². The van der Waals surface area contributed by atoms with Gasteiger partial charge in [-0.1, -0.05) is 54.9 Å². The van der Waals surface area contributed by atoms with Crippen molar-refractivity contribution in [1.82, 2.24) is 9.80 Å². The van der Waals surface area contributed by atoms with Gasteiger partial charge in [-0.25, -0.2) is 0 Å². The molecule has 8 heteroatoms. The zero-order valence-corrected chi connectivity index (χ0v) is 23.5. The molecule has 0 aliphatic carbocycles. The molecule has 0 bridgehead atoms. The lowest BCUT2D eigenvalue weighted by molar-refractivity contribution is -0.127. The Morgan fingerprint density at radius 1 is 0.795 bits per heavy atom. The largest absolute Gasteiger partial charge is 0.493 e. The minimum Gasteiger partial charge on any atom is -0.493 e. The summed E-state index contributed by atoms with van der Waals surface area (Å²) in [6, 6.07) is 19.0. The molecule has 1 fully saturated rings. The maximum atomic E-state index is 13.4. The minimum atomic E-state index is -0.160. The zero-order valence-electron chi connectivity index (χ0n) is 22.7. The predicted molar refractivity (Wildman–Crippen MR) is 153 cm³/mol. The van der Waals surface area contributed by atoms with E-state index in [1.165, 1.54) is 26.9 Å². The van der Waals surface area contributed by atoms with Crippen molar-refractivity contribution in [3.8, 4) is 17.2 Å². The molecule has 39 heavy (non-hydrogen) atoms. The molecule has 3 aromatic carbocycles. The minimum absolute atomic E-state index is 0.107. The van der Waals surface area contributed by atoms with Crippen LogP contribution in [0.1, 0.15) is 34.0 Å². The lowest BCUT2D eigenvalue weighted by Gasteiger charge is -2.34. The summed E-state index contributed by atoms with van der Waals surface area (Å²) in [5.74, 6) is 0.995. The number of rotatable bonds is 8. The molecule has 2 amide bonds. The highest BCUT2D eigenvalue weighted by Crippen LogP contribution is 2.38. The van der Waals surface area contributed by atoms with Crippen LogP contribution in [-0.2, 0) is 11.2 Å². The molecule has 7 nitrogen and oxygen atoms in total. The third-order valence-corrected chi connectivity index (χ3v) is 7.10. The Labute approximate surface area is 234 Å². The monoisotopic (exact) mass is 548 g/mol. The van der Waals surface area contributed by atoms with Crippen molar-refractivity contribution in [2.24, 2.45) is 0 Å². The van der Waals surface area contributed by atoms with Crippen LogP contribution in [0.4, 0.5) is 0 Å². The summed E-state index contributed by atoms with van der Waals surface area (Å²) in [6.45, 7) is 3.77. The van der Waals surface area contributed by atoms with Gasteiger partial charge in [0.1, 0.15) is 0 Å². The smallest absolute Gasteiger partial charge is 0.254 e. The number of nitrogens with zero attached hydrogens (tertiary/aromatic N) is 2. The Bertz CT molecular complexity index is 1340. The van der Waals surface area contributed by atoms with Gasteiger partial charge in [-0.3, -0.25) is 9.59 Å². The van der Waals surface area contributed by atoms with Gasteiger partial charge in [-0.15, -0.1) is 0 Å². The van der Waals surface area contributed by atoms with Gasteiger partial charge >= 0.3 is 0 Å². The Morgan fingerprint density at radius 2 is 1.41 bits per heavy atom. The maximum absolute atomic E-state index is 13.4. The molecule has 1 aliphatic heterocycles. The van der Waals surface area contributed by atoms with E-state index in [2.05, 4.69) is 19.1 Å². The molecule has 0 unspecified atom stereocenters. The number of halogens is 1. The van der Waals surface area contributed by atoms with Gasteiger partial charge in [0.2, 0.25) is 11.7 Å². The molecule has 1 aliphatic rings. The van der Waals surface area contributed by atoms with Crippen LogP contribution in [0.15, 0.2) is 66.7 Å². The molecule has 0 radical (unpaired) electrons.